The SMILES string of the molecule is Cc1cc(C=CCCl)cc(C)c1F. The van der Waals surface area contributed by atoms with Crippen molar-refractivity contribution in [3.05, 3.63) is 40.7 Å². The first-order chi connectivity index (χ1) is 6.15. The van der Waals surface area contributed by atoms with Crippen molar-refractivity contribution in [2.75, 3.05) is 5.88 Å². The van der Waals surface area contributed by atoms with Gasteiger partial charge in [-0.2, -0.15) is 0 Å². The van der Waals surface area contributed by atoms with E-state index < -0.39 is 0 Å². The maximum absolute atomic E-state index is 13.2. The van der Waals surface area contributed by atoms with Gasteiger partial charge in [-0.3, -0.25) is 0 Å². The Morgan fingerprint density at radius 3 is 2.31 bits per heavy atom. The third-order valence-corrected chi connectivity index (χ3v) is 2.04. The molecule has 0 radical (unpaired) electrons. The molecule has 0 spiro atoms. The molecule has 13 heavy (non-hydrogen) atoms. The van der Waals surface area contributed by atoms with Gasteiger partial charge in [0.1, 0.15) is 5.82 Å². The van der Waals surface area contributed by atoms with Crippen molar-refractivity contribution in [1.82, 2.24) is 0 Å². The summed E-state index contributed by atoms with van der Waals surface area (Å²) in [7, 11) is 0. The summed E-state index contributed by atoms with van der Waals surface area (Å²) in [6, 6.07) is 3.62. The molecule has 0 nitrogen and oxygen atoms in total. The minimum absolute atomic E-state index is 0.122. The molecule has 0 heterocycles. The van der Waals surface area contributed by atoms with Crippen LogP contribution < -0.4 is 0 Å². The van der Waals surface area contributed by atoms with Gasteiger partial charge in [0, 0.05) is 5.88 Å². The normalized spacial score (nSPS) is 11.1. The summed E-state index contributed by atoms with van der Waals surface area (Å²) in [5, 5.41) is 0. The van der Waals surface area contributed by atoms with Crippen LogP contribution in [-0.4, -0.2) is 5.88 Å². The van der Waals surface area contributed by atoms with Crippen molar-refractivity contribution in [3.63, 3.8) is 0 Å². The number of rotatable bonds is 2. The van der Waals surface area contributed by atoms with E-state index in [1.54, 1.807) is 13.8 Å². The molecule has 0 unspecified atom stereocenters. The van der Waals surface area contributed by atoms with E-state index in [0.29, 0.717) is 17.0 Å². The van der Waals surface area contributed by atoms with Crippen molar-refractivity contribution in [3.8, 4) is 0 Å². The van der Waals surface area contributed by atoms with E-state index in [2.05, 4.69) is 0 Å². The highest BCUT2D eigenvalue weighted by atomic mass is 35.5. The molecule has 0 atom stereocenters. The monoisotopic (exact) mass is 198 g/mol. The second-order valence-electron chi connectivity index (χ2n) is 3.03. The van der Waals surface area contributed by atoms with Gasteiger partial charge in [-0.1, -0.05) is 12.2 Å². The molecule has 1 rings (SSSR count). The number of hydrogen-bond donors (Lipinski definition) is 0. The smallest absolute Gasteiger partial charge is 0.129 e. The molecule has 70 valence electrons. The van der Waals surface area contributed by atoms with Crippen LogP contribution in [-0.2, 0) is 0 Å². The highest BCUT2D eigenvalue weighted by Crippen LogP contribution is 2.15. The number of benzene rings is 1. The number of aryl methyl sites for hydroxylation is 2. The zero-order valence-corrected chi connectivity index (χ0v) is 8.53. The molecular formula is C11H12ClF. The van der Waals surface area contributed by atoms with Crippen LogP contribution in [0, 0.1) is 19.7 Å². The van der Waals surface area contributed by atoms with E-state index in [1.165, 1.54) is 0 Å². The molecule has 0 aromatic heterocycles. The molecule has 0 aliphatic heterocycles. The molecule has 0 fully saturated rings. The predicted molar refractivity (Wildman–Crippen MR) is 55.6 cm³/mol. The maximum Gasteiger partial charge on any atom is 0.129 e. The Kier molecular flexibility index (Phi) is 3.49. The molecule has 0 amide bonds. The van der Waals surface area contributed by atoms with Gasteiger partial charge in [0.25, 0.3) is 0 Å². The van der Waals surface area contributed by atoms with Gasteiger partial charge in [-0.25, -0.2) is 4.39 Å². The van der Waals surface area contributed by atoms with Gasteiger partial charge in [-0.05, 0) is 42.7 Å². The third kappa shape index (κ3) is 2.56. The van der Waals surface area contributed by atoms with Gasteiger partial charge in [-0.15, -0.1) is 11.6 Å². The Morgan fingerprint density at radius 1 is 1.31 bits per heavy atom. The molecule has 2 heteroatoms. The summed E-state index contributed by atoms with van der Waals surface area (Å²) < 4.78 is 13.2. The lowest BCUT2D eigenvalue weighted by Crippen LogP contribution is -1.88. The molecule has 0 aliphatic rings. The average molecular weight is 199 g/mol. The van der Waals surface area contributed by atoms with E-state index in [9.17, 15) is 4.39 Å². The summed E-state index contributed by atoms with van der Waals surface area (Å²) in [6.45, 7) is 3.53. The number of allylic oxidation sites excluding steroid dienone is 1. The number of alkyl halides is 1. The topological polar surface area (TPSA) is 0 Å². The Morgan fingerprint density at radius 2 is 1.85 bits per heavy atom. The standard InChI is InChI=1S/C11H12ClF/c1-8-6-10(4-3-5-12)7-9(2)11(8)13/h3-4,6-7H,5H2,1-2H3. The number of hydrogen-bond acceptors (Lipinski definition) is 0. The van der Waals surface area contributed by atoms with Crippen molar-refractivity contribution < 1.29 is 4.39 Å². The first-order valence-corrected chi connectivity index (χ1v) is 4.68. The number of halogens is 2. The minimum Gasteiger partial charge on any atom is -0.206 e. The van der Waals surface area contributed by atoms with E-state index in [-0.39, 0.29) is 5.82 Å². The quantitative estimate of drug-likeness (QED) is 0.636. The fourth-order valence-electron chi connectivity index (χ4n) is 1.26. The molecular weight excluding hydrogens is 187 g/mol. The fraction of sp³-hybridized carbons (Fsp3) is 0.273. The lowest BCUT2D eigenvalue weighted by molar-refractivity contribution is 0.609. The van der Waals surface area contributed by atoms with Gasteiger partial charge in [0.2, 0.25) is 0 Å². The van der Waals surface area contributed by atoms with E-state index in [0.717, 1.165) is 5.56 Å². The zero-order valence-electron chi connectivity index (χ0n) is 7.77. The highest BCUT2D eigenvalue weighted by Gasteiger charge is 2.01. The Labute approximate surface area is 83.0 Å². The average Bonchev–Trinajstić information content (AvgIpc) is 2.10. The van der Waals surface area contributed by atoms with Crippen molar-refractivity contribution in [2.24, 2.45) is 0 Å². The summed E-state index contributed by atoms with van der Waals surface area (Å²) >= 11 is 5.50. The summed E-state index contributed by atoms with van der Waals surface area (Å²) in [4.78, 5) is 0. The molecule has 1 aromatic rings. The van der Waals surface area contributed by atoms with Crippen LogP contribution in [0.1, 0.15) is 16.7 Å². The Balaban J connectivity index is 3.06. The Hall–Kier alpha value is -0.820. The van der Waals surface area contributed by atoms with Crippen molar-refractivity contribution >= 4 is 17.7 Å². The van der Waals surface area contributed by atoms with Crippen LogP contribution in [0.3, 0.4) is 0 Å². The van der Waals surface area contributed by atoms with Crippen LogP contribution >= 0.6 is 11.6 Å². The second-order valence-corrected chi connectivity index (χ2v) is 3.33. The fourth-order valence-corrected chi connectivity index (χ4v) is 1.35. The molecule has 0 N–H and O–H groups in total. The molecule has 0 aliphatic carbocycles. The van der Waals surface area contributed by atoms with Crippen LogP contribution in [0.5, 0.6) is 0 Å². The lowest BCUT2D eigenvalue weighted by atomic mass is 10.1. The molecule has 1 aromatic carbocycles. The molecule has 0 bridgehead atoms. The van der Waals surface area contributed by atoms with Crippen LogP contribution in [0.2, 0.25) is 0 Å². The zero-order chi connectivity index (χ0) is 9.84. The third-order valence-electron chi connectivity index (χ3n) is 1.86. The van der Waals surface area contributed by atoms with Crippen LogP contribution in [0.4, 0.5) is 4.39 Å². The maximum atomic E-state index is 13.2. The molecule has 0 saturated carbocycles. The van der Waals surface area contributed by atoms with Crippen LogP contribution in [0.15, 0.2) is 18.2 Å². The van der Waals surface area contributed by atoms with E-state index in [1.807, 2.05) is 24.3 Å². The molecule has 0 saturated heterocycles. The first kappa shape index (κ1) is 10.3. The Bertz CT molecular complexity index is 306. The van der Waals surface area contributed by atoms with Gasteiger partial charge >= 0.3 is 0 Å². The van der Waals surface area contributed by atoms with Gasteiger partial charge in [0.15, 0.2) is 0 Å². The van der Waals surface area contributed by atoms with Gasteiger partial charge in [0.05, 0.1) is 0 Å². The summed E-state index contributed by atoms with van der Waals surface area (Å²) in [5.41, 5.74) is 2.35. The summed E-state index contributed by atoms with van der Waals surface area (Å²) in [6.07, 6.45) is 3.74. The van der Waals surface area contributed by atoms with E-state index >= 15 is 0 Å². The summed E-state index contributed by atoms with van der Waals surface area (Å²) in [5.74, 6) is 0.359. The largest absolute Gasteiger partial charge is 0.206 e. The van der Waals surface area contributed by atoms with E-state index in [4.69, 9.17) is 11.6 Å². The van der Waals surface area contributed by atoms with Crippen molar-refractivity contribution in [1.29, 1.82) is 0 Å². The first-order valence-electron chi connectivity index (χ1n) is 4.14. The van der Waals surface area contributed by atoms with Gasteiger partial charge < -0.3 is 0 Å². The van der Waals surface area contributed by atoms with Crippen molar-refractivity contribution in [2.45, 2.75) is 13.8 Å². The second kappa shape index (κ2) is 4.43. The van der Waals surface area contributed by atoms with Crippen LogP contribution in [0.25, 0.3) is 6.08 Å². The minimum atomic E-state index is -0.122. The lowest BCUT2D eigenvalue weighted by Gasteiger charge is -2.02. The predicted octanol–water partition coefficient (Wildman–Crippen LogP) is 3.69. The highest BCUT2D eigenvalue weighted by molar-refractivity contribution is 6.19.